The molecule has 2 fully saturated rings. The van der Waals surface area contributed by atoms with Crippen LogP contribution in [0, 0.1) is 11.7 Å². The van der Waals surface area contributed by atoms with E-state index in [9.17, 15) is 23.9 Å². The molecule has 2 amide bonds. The average Bonchev–Trinajstić information content (AvgIpc) is 2.98. The van der Waals surface area contributed by atoms with Crippen LogP contribution >= 0.6 is 0 Å². The molecule has 2 saturated heterocycles. The highest BCUT2D eigenvalue weighted by molar-refractivity contribution is 6.10. The highest BCUT2D eigenvalue weighted by atomic mass is 19.1. The van der Waals surface area contributed by atoms with Gasteiger partial charge < -0.3 is 20.1 Å². The Kier molecular flexibility index (Phi) is 4.71. The summed E-state index contributed by atoms with van der Waals surface area (Å²) in [6, 6.07) is 5.45. The second-order valence-corrected chi connectivity index (χ2v) is 6.30. The lowest BCUT2D eigenvalue weighted by molar-refractivity contribution is -0.153. The summed E-state index contributed by atoms with van der Waals surface area (Å²) in [5, 5.41) is 12.1. The number of carbonyl (C=O) groups is 3. The van der Waals surface area contributed by atoms with Gasteiger partial charge in [0.05, 0.1) is 0 Å². The van der Waals surface area contributed by atoms with Gasteiger partial charge in [0.2, 0.25) is 11.8 Å². The molecule has 0 spiro atoms. The summed E-state index contributed by atoms with van der Waals surface area (Å²) >= 11 is 0. The van der Waals surface area contributed by atoms with Gasteiger partial charge in [0.1, 0.15) is 17.3 Å². The smallest absolute Gasteiger partial charge is 0.329 e. The number of nitrogens with zero attached hydrogens (tertiary/aromatic N) is 1. The molecule has 3 rings (SSSR count). The molecule has 7 nitrogen and oxygen atoms in total. The van der Waals surface area contributed by atoms with E-state index in [0.717, 1.165) is 0 Å². The summed E-state index contributed by atoms with van der Waals surface area (Å²) in [5.41, 5.74) is -0.875. The second kappa shape index (κ2) is 6.79. The molecule has 8 heteroatoms. The molecule has 0 bridgehead atoms. The van der Waals surface area contributed by atoms with Crippen molar-refractivity contribution in [3.8, 4) is 0 Å². The zero-order valence-electron chi connectivity index (χ0n) is 13.5. The van der Waals surface area contributed by atoms with Gasteiger partial charge >= 0.3 is 5.97 Å². The van der Waals surface area contributed by atoms with Crippen molar-refractivity contribution in [3.05, 3.63) is 30.1 Å². The number of carboxylic acids is 1. The largest absolute Gasteiger partial charge is 0.480 e. The Labute approximate surface area is 143 Å². The first-order chi connectivity index (χ1) is 11.9. The molecule has 134 valence electrons. The molecular formula is C17H19FN2O5. The fourth-order valence-corrected chi connectivity index (χ4v) is 3.24. The molecule has 2 aliphatic rings. The molecule has 2 N–H and O–H groups in total. The van der Waals surface area contributed by atoms with E-state index in [0.29, 0.717) is 12.2 Å². The number of carbonyl (C=O) groups excluding carboxylic acids is 2. The van der Waals surface area contributed by atoms with Crippen molar-refractivity contribution in [2.24, 2.45) is 5.92 Å². The summed E-state index contributed by atoms with van der Waals surface area (Å²) in [6.45, 7) is 0.811. The first kappa shape index (κ1) is 17.3. The molecular weight excluding hydrogens is 331 g/mol. The van der Waals surface area contributed by atoms with E-state index in [1.807, 2.05) is 0 Å². The third-order valence-corrected chi connectivity index (χ3v) is 4.78. The number of hydrogen-bond donors (Lipinski definition) is 2. The van der Waals surface area contributed by atoms with Crippen LogP contribution in [0.4, 0.5) is 10.1 Å². The fraction of sp³-hybridized carbons (Fsp3) is 0.471. The predicted octanol–water partition coefficient (Wildman–Crippen LogP) is 0.929. The van der Waals surface area contributed by atoms with Gasteiger partial charge in [-0.1, -0.05) is 0 Å². The van der Waals surface area contributed by atoms with Gasteiger partial charge in [0, 0.05) is 38.3 Å². The summed E-state index contributed by atoms with van der Waals surface area (Å²) < 4.78 is 18.2. The summed E-state index contributed by atoms with van der Waals surface area (Å²) in [4.78, 5) is 38.1. The Bertz CT molecular complexity index is 685. The maximum atomic E-state index is 13.0. The molecule has 0 aromatic heterocycles. The Morgan fingerprint density at radius 1 is 1.24 bits per heavy atom. The number of hydrogen-bond acceptors (Lipinski definition) is 4. The van der Waals surface area contributed by atoms with Crippen molar-refractivity contribution < 1.29 is 28.6 Å². The molecule has 2 heterocycles. The number of nitrogens with one attached hydrogen (secondary N) is 1. The third kappa shape index (κ3) is 3.34. The topological polar surface area (TPSA) is 95.9 Å². The SMILES string of the molecule is O=C(NC1(C(=O)O)CCOCC1)C1CCN(c2ccc(F)cc2)C1=O. The highest BCUT2D eigenvalue weighted by Crippen LogP contribution is 2.27. The van der Waals surface area contributed by atoms with Crippen molar-refractivity contribution in [1.82, 2.24) is 5.32 Å². The van der Waals surface area contributed by atoms with E-state index < -0.39 is 35.1 Å². The Morgan fingerprint density at radius 2 is 1.88 bits per heavy atom. The number of rotatable bonds is 4. The minimum absolute atomic E-state index is 0.163. The monoisotopic (exact) mass is 350 g/mol. The van der Waals surface area contributed by atoms with E-state index >= 15 is 0 Å². The van der Waals surface area contributed by atoms with Crippen molar-refractivity contribution in [1.29, 1.82) is 0 Å². The molecule has 25 heavy (non-hydrogen) atoms. The quantitative estimate of drug-likeness (QED) is 0.788. The van der Waals surface area contributed by atoms with Gasteiger partial charge in [-0.25, -0.2) is 9.18 Å². The lowest BCUT2D eigenvalue weighted by Crippen LogP contribution is -2.59. The molecule has 1 aromatic rings. The fourth-order valence-electron chi connectivity index (χ4n) is 3.24. The standard InChI is InChI=1S/C17H19FN2O5/c18-11-1-3-12(4-2-11)20-8-5-13(15(20)22)14(21)19-17(16(23)24)6-9-25-10-7-17/h1-4,13H,5-10H2,(H,19,21)(H,23,24). The Hall–Kier alpha value is -2.48. The van der Waals surface area contributed by atoms with Crippen molar-refractivity contribution in [2.45, 2.75) is 24.8 Å². The van der Waals surface area contributed by atoms with Gasteiger partial charge in [0.15, 0.2) is 0 Å². The zero-order chi connectivity index (χ0) is 18.0. The predicted molar refractivity (Wildman–Crippen MR) is 85.4 cm³/mol. The first-order valence-electron chi connectivity index (χ1n) is 8.13. The van der Waals surface area contributed by atoms with E-state index in [-0.39, 0.29) is 32.5 Å². The summed E-state index contributed by atoms with van der Waals surface area (Å²) in [7, 11) is 0. The molecule has 0 saturated carbocycles. The van der Waals surface area contributed by atoms with E-state index in [4.69, 9.17) is 4.74 Å². The lowest BCUT2D eigenvalue weighted by atomic mass is 9.89. The van der Waals surface area contributed by atoms with Crippen LogP contribution in [0.3, 0.4) is 0 Å². The van der Waals surface area contributed by atoms with Crippen molar-refractivity contribution >= 4 is 23.5 Å². The van der Waals surface area contributed by atoms with Gasteiger partial charge in [-0.15, -0.1) is 0 Å². The highest BCUT2D eigenvalue weighted by Gasteiger charge is 2.45. The lowest BCUT2D eigenvalue weighted by Gasteiger charge is -2.34. The summed E-state index contributed by atoms with van der Waals surface area (Å²) in [6.07, 6.45) is 0.613. The van der Waals surface area contributed by atoms with Crippen LogP contribution in [0.15, 0.2) is 24.3 Å². The maximum Gasteiger partial charge on any atom is 0.329 e. The minimum atomic E-state index is -1.39. The van der Waals surface area contributed by atoms with Gasteiger partial charge in [0.25, 0.3) is 0 Å². The first-order valence-corrected chi connectivity index (χ1v) is 8.13. The van der Waals surface area contributed by atoms with Crippen LogP contribution < -0.4 is 10.2 Å². The van der Waals surface area contributed by atoms with Crippen LogP contribution in [-0.4, -0.2) is 48.2 Å². The van der Waals surface area contributed by atoms with E-state index in [1.165, 1.54) is 29.2 Å². The molecule has 0 radical (unpaired) electrons. The number of carboxylic acid groups (broad SMARTS) is 1. The zero-order valence-corrected chi connectivity index (χ0v) is 13.5. The van der Waals surface area contributed by atoms with E-state index in [2.05, 4.69) is 5.32 Å². The average molecular weight is 350 g/mol. The minimum Gasteiger partial charge on any atom is -0.480 e. The van der Waals surface area contributed by atoms with Crippen LogP contribution in [0.25, 0.3) is 0 Å². The van der Waals surface area contributed by atoms with E-state index in [1.54, 1.807) is 0 Å². The van der Waals surface area contributed by atoms with Gasteiger partial charge in [-0.3, -0.25) is 9.59 Å². The second-order valence-electron chi connectivity index (χ2n) is 6.30. The van der Waals surface area contributed by atoms with Gasteiger partial charge in [-0.2, -0.15) is 0 Å². The van der Waals surface area contributed by atoms with Crippen molar-refractivity contribution in [2.75, 3.05) is 24.7 Å². The molecule has 0 aliphatic carbocycles. The normalized spacial score (nSPS) is 22.7. The Balaban J connectivity index is 1.71. The molecule has 2 aliphatic heterocycles. The van der Waals surface area contributed by atoms with Crippen molar-refractivity contribution in [3.63, 3.8) is 0 Å². The number of halogens is 1. The third-order valence-electron chi connectivity index (χ3n) is 4.78. The molecule has 1 atom stereocenters. The number of anilines is 1. The maximum absolute atomic E-state index is 13.0. The molecule has 1 aromatic carbocycles. The number of aliphatic carboxylic acids is 1. The molecule has 1 unspecified atom stereocenters. The number of amides is 2. The Morgan fingerprint density at radius 3 is 2.48 bits per heavy atom. The van der Waals surface area contributed by atoms with Crippen LogP contribution in [-0.2, 0) is 19.1 Å². The van der Waals surface area contributed by atoms with Crippen LogP contribution in [0.1, 0.15) is 19.3 Å². The van der Waals surface area contributed by atoms with Gasteiger partial charge in [-0.05, 0) is 30.7 Å². The van der Waals surface area contributed by atoms with Crippen LogP contribution in [0.5, 0.6) is 0 Å². The summed E-state index contributed by atoms with van der Waals surface area (Å²) in [5.74, 6) is -3.46. The number of ether oxygens (including phenoxy) is 1. The number of benzene rings is 1. The van der Waals surface area contributed by atoms with Crippen LogP contribution in [0.2, 0.25) is 0 Å².